The molecular formula is C23H44O11. The molecule has 202 valence electrons. The minimum absolute atomic E-state index is 0.0982. The number of ether oxygens (including phenoxy) is 9. The van der Waals surface area contributed by atoms with Crippen molar-refractivity contribution in [3.8, 4) is 0 Å². The van der Waals surface area contributed by atoms with Crippen molar-refractivity contribution in [2.75, 3.05) is 106 Å². The lowest BCUT2D eigenvalue weighted by Crippen LogP contribution is -2.24. The van der Waals surface area contributed by atoms with E-state index in [-0.39, 0.29) is 19.0 Å². The smallest absolute Gasteiger partial charge is 0.308 e. The van der Waals surface area contributed by atoms with Gasteiger partial charge in [0.25, 0.3) is 0 Å². The Kier molecular flexibility index (Phi) is 24.1. The molecule has 0 N–H and O–H groups in total. The van der Waals surface area contributed by atoms with Crippen LogP contribution in [0.3, 0.4) is 0 Å². The molecule has 0 saturated heterocycles. The Labute approximate surface area is 203 Å². The molecule has 0 heterocycles. The Morgan fingerprint density at radius 3 is 1.12 bits per heavy atom. The van der Waals surface area contributed by atoms with Gasteiger partial charge >= 0.3 is 5.97 Å². The van der Waals surface area contributed by atoms with Gasteiger partial charge in [-0.05, 0) is 20.8 Å². The van der Waals surface area contributed by atoms with E-state index < -0.39 is 5.60 Å². The first kappa shape index (κ1) is 32.8. The molecule has 0 fully saturated rings. The summed E-state index contributed by atoms with van der Waals surface area (Å²) < 4.78 is 47.7. The number of esters is 1. The summed E-state index contributed by atoms with van der Waals surface area (Å²) in [4.78, 5) is 21.5. The summed E-state index contributed by atoms with van der Waals surface area (Å²) >= 11 is 0. The molecule has 0 amide bonds. The normalized spacial score (nSPS) is 11.6. The first-order chi connectivity index (χ1) is 16.5. The summed E-state index contributed by atoms with van der Waals surface area (Å²) in [6, 6.07) is 0. The van der Waals surface area contributed by atoms with Crippen molar-refractivity contribution in [3.63, 3.8) is 0 Å². The molecule has 0 atom stereocenters. The standard InChI is InChI=1S/C23H44O11/c1-23(2,3)34-22(25)4-6-26-8-10-28-12-14-30-16-18-32-20-21-33-19-17-31-15-13-29-11-9-27-7-5-24/h5H,4,6-21H2,1-3H3. The van der Waals surface area contributed by atoms with Crippen LogP contribution in [-0.4, -0.2) is 124 Å². The second kappa shape index (κ2) is 24.9. The summed E-state index contributed by atoms with van der Waals surface area (Å²) in [6.07, 6.45) is 0.940. The molecule has 0 aliphatic rings. The maximum atomic E-state index is 11.5. The Bertz CT molecular complexity index is 455. The highest BCUT2D eigenvalue weighted by Gasteiger charge is 2.15. The van der Waals surface area contributed by atoms with Gasteiger partial charge in [0.05, 0.1) is 106 Å². The van der Waals surface area contributed by atoms with Crippen molar-refractivity contribution in [1.82, 2.24) is 0 Å². The fourth-order valence-electron chi connectivity index (χ4n) is 2.22. The van der Waals surface area contributed by atoms with Gasteiger partial charge in [-0.15, -0.1) is 0 Å². The average Bonchev–Trinajstić information content (AvgIpc) is 2.78. The predicted molar refractivity (Wildman–Crippen MR) is 123 cm³/mol. The molecule has 11 heteroatoms. The lowest BCUT2D eigenvalue weighted by atomic mass is 10.2. The van der Waals surface area contributed by atoms with Crippen molar-refractivity contribution in [3.05, 3.63) is 0 Å². The first-order valence-electron chi connectivity index (χ1n) is 11.7. The molecule has 0 aliphatic carbocycles. The minimum atomic E-state index is -0.470. The quantitative estimate of drug-likeness (QED) is 0.0971. The SMILES string of the molecule is CC(C)(C)OC(=O)CCOCCOCCOCCOCCOCCOCCOCCOCC=O. The largest absolute Gasteiger partial charge is 0.460 e. The van der Waals surface area contributed by atoms with E-state index in [1.165, 1.54) is 0 Å². The summed E-state index contributed by atoms with van der Waals surface area (Å²) in [6.45, 7) is 12.5. The molecule has 0 aliphatic heterocycles. The van der Waals surface area contributed by atoms with Crippen LogP contribution in [0.15, 0.2) is 0 Å². The fourth-order valence-corrected chi connectivity index (χ4v) is 2.22. The zero-order valence-corrected chi connectivity index (χ0v) is 21.1. The van der Waals surface area contributed by atoms with Crippen molar-refractivity contribution < 1.29 is 52.2 Å². The van der Waals surface area contributed by atoms with Crippen LogP contribution in [0.2, 0.25) is 0 Å². The first-order valence-corrected chi connectivity index (χ1v) is 11.7. The summed E-state index contributed by atoms with van der Waals surface area (Å²) in [5, 5.41) is 0. The Morgan fingerprint density at radius 2 is 0.824 bits per heavy atom. The Balaban J connectivity index is 3.10. The topological polar surface area (TPSA) is 117 Å². The van der Waals surface area contributed by atoms with Crippen molar-refractivity contribution in [1.29, 1.82) is 0 Å². The monoisotopic (exact) mass is 496 g/mol. The van der Waals surface area contributed by atoms with E-state index in [9.17, 15) is 9.59 Å². The number of hydrogen-bond acceptors (Lipinski definition) is 11. The third-order valence-corrected chi connectivity index (χ3v) is 3.66. The van der Waals surface area contributed by atoms with Gasteiger partial charge in [-0.25, -0.2) is 0 Å². The van der Waals surface area contributed by atoms with Crippen molar-refractivity contribution in [2.45, 2.75) is 32.8 Å². The Morgan fingerprint density at radius 1 is 0.529 bits per heavy atom. The molecule has 0 aromatic carbocycles. The molecule has 0 saturated carbocycles. The second-order valence-corrected chi connectivity index (χ2v) is 7.86. The number of aldehydes is 1. The van der Waals surface area contributed by atoms with E-state index >= 15 is 0 Å². The van der Waals surface area contributed by atoms with Crippen LogP contribution in [0, 0.1) is 0 Å². The van der Waals surface area contributed by atoms with E-state index in [1.807, 2.05) is 20.8 Å². The molecule has 0 bridgehead atoms. The molecule has 0 rings (SSSR count). The zero-order valence-electron chi connectivity index (χ0n) is 21.1. The van der Waals surface area contributed by atoms with Gasteiger partial charge in [-0.1, -0.05) is 0 Å². The highest BCUT2D eigenvalue weighted by Crippen LogP contribution is 2.07. The second-order valence-electron chi connectivity index (χ2n) is 7.86. The van der Waals surface area contributed by atoms with Crippen LogP contribution < -0.4 is 0 Å². The molecule has 0 aromatic heterocycles. The molecule has 0 radical (unpaired) electrons. The van der Waals surface area contributed by atoms with E-state index in [0.717, 1.165) is 0 Å². The number of carbonyl (C=O) groups is 2. The third kappa shape index (κ3) is 28.9. The number of hydrogen-bond donors (Lipinski definition) is 0. The molecule has 0 aromatic rings. The summed E-state index contributed by atoms with van der Waals surface area (Å²) in [5.41, 5.74) is -0.470. The fraction of sp³-hybridized carbons (Fsp3) is 0.913. The van der Waals surface area contributed by atoms with Crippen molar-refractivity contribution in [2.24, 2.45) is 0 Å². The molecular weight excluding hydrogens is 452 g/mol. The third-order valence-electron chi connectivity index (χ3n) is 3.66. The van der Waals surface area contributed by atoms with E-state index in [2.05, 4.69) is 0 Å². The lowest BCUT2D eigenvalue weighted by molar-refractivity contribution is -0.156. The minimum Gasteiger partial charge on any atom is -0.460 e. The van der Waals surface area contributed by atoms with Gasteiger partial charge in [0, 0.05) is 0 Å². The van der Waals surface area contributed by atoms with Crippen LogP contribution in [0.25, 0.3) is 0 Å². The van der Waals surface area contributed by atoms with Crippen molar-refractivity contribution >= 4 is 12.3 Å². The van der Waals surface area contributed by atoms with E-state index in [4.69, 9.17) is 42.6 Å². The van der Waals surface area contributed by atoms with Gasteiger partial charge < -0.3 is 47.4 Å². The molecule has 11 nitrogen and oxygen atoms in total. The van der Waals surface area contributed by atoms with E-state index in [1.54, 1.807) is 0 Å². The van der Waals surface area contributed by atoms with E-state index in [0.29, 0.717) is 105 Å². The Hall–Kier alpha value is -1.18. The van der Waals surface area contributed by atoms with Crippen LogP contribution in [0.4, 0.5) is 0 Å². The lowest BCUT2D eigenvalue weighted by Gasteiger charge is -2.19. The van der Waals surface area contributed by atoms with Gasteiger partial charge in [0.1, 0.15) is 18.5 Å². The van der Waals surface area contributed by atoms with Crippen LogP contribution in [0.1, 0.15) is 27.2 Å². The number of carbonyl (C=O) groups excluding carboxylic acids is 2. The predicted octanol–water partition coefficient (Wildman–Crippen LogP) is 1.05. The van der Waals surface area contributed by atoms with Gasteiger partial charge in [-0.2, -0.15) is 0 Å². The van der Waals surface area contributed by atoms with Crippen LogP contribution in [-0.2, 0) is 52.2 Å². The maximum Gasteiger partial charge on any atom is 0.308 e. The molecule has 34 heavy (non-hydrogen) atoms. The van der Waals surface area contributed by atoms with Crippen LogP contribution >= 0.6 is 0 Å². The number of rotatable bonds is 26. The molecule has 0 spiro atoms. The van der Waals surface area contributed by atoms with Gasteiger partial charge in [0.15, 0.2) is 0 Å². The van der Waals surface area contributed by atoms with Crippen LogP contribution in [0.5, 0.6) is 0 Å². The highest BCUT2D eigenvalue weighted by atomic mass is 16.6. The maximum absolute atomic E-state index is 11.5. The van der Waals surface area contributed by atoms with Gasteiger partial charge in [-0.3, -0.25) is 4.79 Å². The zero-order chi connectivity index (χ0) is 25.2. The average molecular weight is 497 g/mol. The highest BCUT2D eigenvalue weighted by molar-refractivity contribution is 5.69. The van der Waals surface area contributed by atoms with Gasteiger partial charge in [0.2, 0.25) is 0 Å². The summed E-state index contributed by atoms with van der Waals surface area (Å²) in [5.74, 6) is -0.266. The summed E-state index contributed by atoms with van der Waals surface area (Å²) in [7, 11) is 0. The molecule has 0 unspecified atom stereocenters.